The van der Waals surface area contributed by atoms with E-state index in [0.29, 0.717) is 12.1 Å². The van der Waals surface area contributed by atoms with E-state index in [0.717, 1.165) is 25.2 Å². The molecule has 0 aliphatic rings. The zero-order chi connectivity index (χ0) is 17.5. The van der Waals surface area contributed by atoms with Gasteiger partial charge in [-0.05, 0) is 55.8 Å². The van der Waals surface area contributed by atoms with Gasteiger partial charge in [-0.1, -0.05) is 49.7 Å². The monoisotopic (exact) mass is 324 g/mol. The molecule has 0 spiro atoms. The van der Waals surface area contributed by atoms with Gasteiger partial charge in [0.15, 0.2) is 0 Å². The first-order chi connectivity index (χ1) is 11.5. The predicted octanol–water partition coefficient (Wildman–Crippen LogP) is 4.08. The van der Waals surface area contributed by atoms with Gasteiger partial charge in [0.25, 0.3) is 5.91 Å². The maximum Gasteiger partial charge on any atom is 0.251 e. The highest BCUT2D eigenvalue weighted by atomic mass is 16.1. The van der Waals surface area contributed by atoms with Crippen LogP contribution in [0.3, 0.4) is 0 Å². The molecule has 0 fully saturated rings. The summed E-state index contributed by atoms with van der Waals surface area (Å²) >= 11 is 0. The fourth-order valence-corrected chi connectivity index (χ4v) is 2.79. The Labute approximate surface area is 145 Å². The number of nitrogens with one attached hydrogen (secondary N) is 1. The molecular formula is C21H28N2O. The van der Waals surface area contributed by atoms with Crippen LogP contribution in [0.5, 0.6) is 0 Å². The molecule has 0 aromatic heterocycles. The minimum atomic E-state index is -0.0237. The van der Waals surface area contributed by atoms with Crippen LogP contribution < -0.4 is 5.32 Å². The summed E-state index contributed by atoms with van der Waals surface area (Å²) in [5.41, 5.74) is 5.57. The minimum absolute atomic E-state index is 0.0237. The number of hydrogen-bond donors (Lipinski definition) is 1. The molecule has 0 aliphatic carbocycles. The Morgan fingerprint density at radius 1 is 1.00 bits per heavy atom. The van der Waals surface area contributed by atoms with Crippen molar-refractivity contribution in [3.05, 3.63) is 70.3 Å². The van der Waals surface area contributed by atoms with Crippen molar-refractivity contribution in [3.8, 4) is 0 Å². The number of carbonyl (C=O) groups is 1. The molecule has 3 nitrogen and oxygen atoms in total. The van der Waals surface area contributed by atoms with Gasteiger partial charge in [0.2, 0.25) is 0 Å². The lowest BCUT2D eigenvalue weighted by Gasteiger charge is -2.18. The number of aryl methyl sites for hydroxylation is 2. The van der Waals surface area contributed by atoms with Crippen molar-refractivity contribution in [1.29, 1.82) is 0 Å². The zero-order valence-corrected chi connectivity index (χ0v) is 15.2. The normalized spacial score (nSPS) is 10.9. The van der Waals surface area contributed by atoms with E-state index in [4.69, 9.17) is 0 Å². The van der Waals surface area contributed by atoms with E-state index in [2.05, 4.69) is 56.1 Å². The lowest BCUT2D eigenvalue weighted by atomic mass is 10.1. The van der Waals surface area contributed by atoms with Gasteiger partial charge in [-0.25, -0.2) is 0 Å². The maximum absolute atomic E-state index is 12.3. The Kier molecular flexibility index (Phi) is 6.56. The zero-order valence-electron chi connectivity index (χ0n) is 15.2. The minimum Gasteiger partial charge on any atom is -0.348 e. The van der Waals surface area contributed by atoms with Crippen LogP contribution in [0.1, 0.15) is 46.5 Å². The van der Waals surface area contributed by atoms with Crippen LogP contribution >= 0.6 is 0 Å². The van der Waals surface area contributed by atoms with E-state index < -0.39 is 0 Å². The second-order valence-electron chi connectivity index (χ2n) is 6.27. The number of amides is 1. The molecular weight excluding hydrogens is 296 g/mol. The third-order valence-corrected chi connectivity index (χ3v) is 4.45. The van der Waals surface area contributed by atoms with Gasteiger partial charge >= 0.3 is 0 Å². The molecule has 2 aromatic rings. The third-order valence-electron chi connectivity index (χ3n) is 4.45. The molecule has 0 saturated carbocycles. The smallest absolute Gasteiger partial charge is 0.251 e. The molecule has 0 bridgehead atoms. The Morgan fingerprint density at radius 2 is 1.67 bits per heavy atom. The van der Waals surface area contributed by atoms with Gasteiger partial charge in [0.05, 0.1) is 0 Å². The second-order valence-corrected chi connectivity index (χ2v) is 6.27. The molecule has 0 radical (unpaired) electrons. The first kappa shape index (κ1) is 18.2. The number of benzene rings is 2. The third kappa shape index (κ3) is 4.93. The molecule has 1 amide bonds. The Hall–Kier alpha value is -2.13. The van der Waals surface area contributed by atoms with Crippen molar-refractivity contribution in [2.75, 3.05) is 13.1 Å². The molecule has 24 heavy (non-hydrogen) atoms. The van der Waals surface area contributed by atoms with E-state index in [1.165, 1.54) is 16.7 Å². The number of rotatable bonds is 7. The highest BCUT2D eigenvalue weighted by Gasteiger charge is 2.07. The quantitative estimate of drug-likeness (QED) is 0.832. The summed E-state index contributed by atoms with van der Waals surface area (Å²) in [6.07, 6.45) is 0. The lowest BCUT2D eigenvalue weighted by molar-refractivity contribution is 0.0951. The summed E-state index contributed by atoms with van der Waals surface area (Å²) < 4.78 is 0. The van der Waals surface area contributed by atoms with Gasteiger partial charge in [0.1, 0.15) is 0 Å². The highest BCUT2D eigenvalue weighted by Crippen LogP contribution is 2.11. The largest absolute Gasteiger partial charge is 0.348 e. The summed E-state index contributed by atoms with van der Waals surface area (Å²) in [6, 6.07) is 14.2. The van der Waals surface area contributed by atoms with E-state index in [9.17, 15) is 4.79 Å². The first-order valence-corrected chi connectivity index (χ1v) is 8.69. The maximum atomic E-state index is 12.3. The van der Waals surface area contributed by atoms with Crippen LogP contribution in [-0.2, 0) is 13.1 Å². The van der Waals surface area contributed by atoms with E-state index >= 15 is 0 Å². The van der Waals surface area contributed by atoms with Crippen LogP contribution in [0, 0.1) is 13.8 Å². The number of carbonyl (C=O) groups excluding carboxylic acids is 1. The van der Waals surface area contributed by atoms with Crippen LogP contribution in [0.4, 0.5) is 0 Å². The molecule has 0 heterocycles. The Balaban J connectivity index is 1.95. The average molecular weight is 324 g/mol. The summed E-state index contributed by atoms with van der Waals surface area (Å²) in [5.74, 6) is -0.0237. The van der Waals surface area contributed by atoms with Crippen LogP contribution in [0.25, 0.3) is 0 Å². The molecule has 0 unspecified atom stereocenters. The predicted molar refractivity (Wildman–Crippen MR) is 100 cm³/mol. The van der Waals surface area contributed by atoms with Crippen LogP contribution in [0.2, 0.25) is 0 Å². The van der Waals surface area contributed by atoms with E-state index in [1.54, 1.807) is 0 Å². The van der Waals surface area contributed by atoms with Gasteiger partial charge in [-0.2, -0.15) is 0 Å². The van der Waals surface area contributed by atoms with Crippen molar-refractivity contribution < 1.29 is 4.79 Å². The molecule has 2 rings (SSSR count). The molecule has 0 saturated heterocycles. The average Bonchev–Trinajstić information content (AvgIpc) is 2.59. The van der Waals surface area contributed by atoms with Gasteiger partial charge in [0, 0.05) is 18.7 Å². The second kappa shape index (κ2) is 8.65. The van der Waals surface area contributed by atoms with Gasteiger partial charge < -0.3 is 5.32 Å². The summed E-state index contributed by atoms with van der Waals surface area (Å²) in [4.78, 5) is 14.7. The van der Waals surface area contributed by atoms with Crippen LogP contribution in [-0.4, -0.2) is 23.9 Å². The van der Waals surface area contributed by atoms with E-state index in [-0.39, 0.29) is 5.91 Å². The Bertz CT molecular complexity index is 673. The van der Waals surface area contributed by atoms with Crippen molar-refractivity contribution in [3.63, 3.8) is 0 Å². The van der Waals surface area contributed by atoms with Gasteiger partial charge in [-0.15, -0.1) is 0 Å². The highest BCUT2D eigenvalue weighted by molar-refractivity contribution is 5.94. The number of hydrogen-bond acceptors (Lipinski definition) is 2. The summed E-state index contributed by atoms with van der Waals surface area (Å²) in [7, 11) is 0. The van der Waals surface area contributed by atoms with E-state index in [1.807, 2.05) is 24.3 Å². The van der Waals surface area contributed by atoms with Gasteiger partial charge in [-0.3, -0.25) is 9.69 Å². The van der Waals surface area contributed by atoms with Crippen LogP contribution in [0.15, 0.2) is 42.5 Å². The summed E-state index contributed by atoms with van der Waals surface area (Å²) in [6.45, 7) is 12.1. The lowest BCUT2D eigenvalue weighted by Crippen LogP contribution is -2.24. The van der Waals surface area contributed by atoms with Crippen molar-refractivity contribution >= 4 is 5.91 Å². The molecule has 3 heteroatoms. The molecule has 0 atom stereocenters. The first-order valence-electron chi connectivity index (χ1n) is 8.69. The standard InChI is InChI=1S/C21H28N2O/c1-5-23(6-2)15-18-8-11-19(12-9-18)21(24)22-14-20-10-7-16(3)13-17(20)4/h7-13H,5-6,14-15H2,1-4H3,(H,22,24). The summed E-state index contributed by atoms with van der Waals surface area (Å²) in [5, 5.41) is 3.01. The van der Waals surface area contributed by atoms with Crippen molar-refractivity contribution in [2.24, 2.45) is 0 Å². The van der Waals surface area contributed by atoms with Crippen molar-refractivity contribution in [1.82, 2.24) is 10.2 Å². The SMILES string of the molecule is CCN(CC)Cc1ccc(C(=O)NCc2ccc(C)cc2C)cc1. The molecule has 0 aliphatic heterocycles. The topological polar surface area (TPSA) is 32.3 Å². The molecule has 1 N–H and O–H groups in total. The molecule has 2 aromatic carbocycles. The fourth-order valence-electron chi connectivity index (χ4n) is 2.79. The fraction of sp³-hybridized carbons (Fsp3) is 0.381. The molecule has 128 valence electrons. The number of nitrogens with zero attached hydrogens (tertiary/aromatic N) is 1. The van der Waals surface area contributed by atoms with Crippen molar-refractivity contribution in [2.45, 2.75) is 40.8 Å². The Morgan fingerprint density at radius 3 is 2.25 bits per heavy atom.